The van der Waals surface area contributed by atoms with Crippen molar-refractivity contribution in [1.29, 1.82) is 0 Å². The van der Waals surface area contributed by atoms with E-state index in [0.29, 0.717) is 29.8 Å². The minimum atomic E-state index is -0.570. The molecule has 1 amide bonds. The average Bonchev–Trinajstić information content (AvgIpc) is 3.11. The highest BCUT2D eigenvalue weighted by atomic mass is 35.5. The van der Waals surface area contributed by atoms with Gasteiger partial charge in [-0.05, 0) is 69.6 Å². The van der Waals surface area contributed by atoms with Crippen LogP contribution in [0.3, 0.4) is 0 Å². The Hall–Kier alpha value is -2.44. The first kappa shape index (κ1) is 22.8. The SMILES string of the molecule is CC(C)(C)OC(=O)c1ccc(NC(=O)[C@H]2NCC[C@H]2c2ccccc2F)cc1.Cl. The Morgan fingerprint density at radius 3 is 2.38 bits per heavy atom. The zero-order valence-electron chi connectivity index (χ0n) is 16.7. The van der Waals surface area contributed by atoms with Gasteiger partial charge in [0.25, 0.3) is 0 Å². The number of ether oxygens (including phenoxy) is 1. The van der Waals surface area contributed by atoms with Crippen LogP contribution < -0.4 is 10.6 Å². The fourth-order valence-corrected chi connectivity index (χ4v) is 3.34. The van der Waals surface area contributed by atoms with Crippen LogP contribution in [0.1, 0.15) is 49.0 Å². The van der Waals surface area contributed by atoms with Crippen molar-refractivity contribution in [1.82, 2.24) is 5.32 Å². The summed E-state index contributed by atoms with van der Waals surface area (Å²) in [5, 5.41) is 6.00. The monoisotopic (exact) mass is 420 g/mol. The first-order valence-electron chi connectivity index (χ1n) is 9.37. The lowest BCUT2D eigenvalue weighted by Gasteiger charge is -2.20. The lowest BCUT2D eigenvalue weighted by molar-refractivity contribution is -0.118. The second kappa shape index (κ2) is 9.37. The predicted molar refractivity (Wildman–Crippen MR) is 113 cm³/mol. The van der Waals surface area contributed by atoms with E-state index in [1.807, 2.05) is 0 Å². The van der Waals surface area contributed by atoms with Crippen molar-refractivity contribution in [2.24, 2.45) is 0 Å². The quantitative estimate of drug-likeness (QED) is 0.724. The standard InChI is InChI=1S/C22H25FN2O3.ClH/c1-22(2,3)28-21(27)14-8-10-15(11-9-14)25-20(26)19-17(12-13-24-19)16-6-4-5-7-18(16)23;/h4-11,17,19,24H,12-13H2,1-3H3,(H,25,26);1H/t17-,19-;/m0./s1. The second-order valence-electron chi connectivity index (χ2n) is 7.92. The second-order valence-corrected chi connectivity index (χ2v) is 7.92. The molecule has 1 aliphatic heterocycles. The van der Waals surface area contributed by atoms with Gasteiger partial charge in [-0.25, -0.2) is 9.18 Å². The van der Waals surface area contributed by atoms with Crippen molar-refractivity contribution in [3.05, 3.63) is 65.5 Å². The maximum Gasteiger partial charge on any atom is 0.338 e. The summed E-state index contributed by atoms with van der Waals surface area (Å²) in [5.41, 5.74) is 0.960. The van der Waals surface area contributed by atoms with Gasteiger partial charge < -0.3 is 15.4 Å². The van der Waals surface area contributed by atoms with Crippen LogP contribution in [-0.2, 0) is 9.53 Å². The molecule has 1 aliphatic rings. The van der Waals surface area contributed by atoms with Crippen LogP contribution in [0.4, 0.5) is 10.1 Å². The van der Waals surface area contributed by atoms with E-state index < -0.39 is 17.6 Å². The molecule has 1 fully saturated rings. The van der Waals surface area contributed by atoms with Crippen LogP contribution >= 0.6 is 12.4 Å². The van der Waals surface area contributed by atoms with Gasteiger partial charge in [-0.3, -0.25) is 4.79 Å². The average molecular weight is 421 g/mol. The van der Waals surface area contributed by atoms with Gasteiger partial charge in [0.2, 0.25) is 5.91 Å². The van der Waals surface area contributed by atoms with Crippen LogP contribution in [-0.4, -0.2) is 30.1 Å². The van der Waals surface area contributed by atoms with E-state index in [2.05, 4.69) is 10.6 Å². The number of carbonyl (C=O) groups excluding carboxylic acids is 2. The molecule has 2 aromatic carbocycles. The third-order valence-electron chi connectivity index (χ3n) is 4.60. The van der Waals surface area contributed by atoms with Gasteiger partial charge in [0.1, 0.15) is 11.4 Å². The fraction of sp³-hybridized carbons (Fsp3) is 0.364. The smallest absolute Gasteiger partial charge is 0.338 e. The van der Waals surface area contributed by atoms with Crippen molar-refractivity contribution < 1.29 is 18.7 Å². The molecule has 0 aliphatic carbocycles. The van der Waals surface area contributed by atoms with Crippen molar-refractivity contribution in [2.45, 2.75) is 44.8 Å². The lowest BCUT2D eigenvalue weighted by atomic mass is 9.91. The van der Waals surface area contributed by atoms with E-state index in [1.165, 1.54) is 6.07 Å². The summed E-state index contributed by atoms with van der Waals surface area (Å²) in [6.07, 6.45) is 0.691. The molecule has 0 spiro atoms. The molecular formula is C22H26ClFN2O3. The van der Waals surface area contributed by atoms with E-state index in [1.54, 1.807) is 63.2 Å². The van der Waals surface area contributed by atoms with Gasteiger partial charge in [0.15, 0.2) is 0 Å². The van der Waals surface area contributed by atoms with Crippen LogP contribution in [0.5, 0.6) is 0 Å². The lowest BCUT2D eigenvalue weighted by Crippen LogP contribution is -2.39. The molecule has 0 radical (unpaired) electrons. The highest BCUT2D eigenvalue weighted by Crippen LogP contribution is 2.30. The summed E-state index contributed by atoms with van der Waals surface area (Å²) >= 11 is 0. The Kier molecular flexibility index (Phi) is 7.38. The zero-order valence-corrected chi connectivity index (χ0v) is 17.5. The summed E-state index contributed by atoms with van der Waals surface area (Å²) in [6.45, 7) is 6.06. The van der Waals surface area contributed by atoms with Crippen molar-refractivity contribution in [3.63, 3.8) is 0 Å². The van der Waals surface area contributed by atoms with Crippen LogP contribution in [0.25, 0.3) is 0 Å². The van der Waals surface area contributed by atoms with Crippen LogP contribution in [0, 0.1) is 5.82 Å². The van der Waals surface area contributed by atoms with Crippen LogP contribution in [0.15, 0.2) is 48.5 Å². The number of esters is 1. The highest BCUT2D eigenvalue weighted by molar-refractivity contribution is 5.96. The molecule has 7 heteroatoms. The molecular weight excluding hydrogens is 395 g/mol. The van der Waals surface area contributed by atoms with Crippen molar-refractivity contribution in [2.75, 3.05) is 11.9 Å². The van der Waals surface area contributed by atoms with Gasteiger partial charge in [0.05, 0.1) is 11.6 Å². The molecule has 1 saturated heterocycles. The number of hydrogen-bond donors (Lipinski definition) is 2. The van der Waals surface area contributed by atoms with Crippen molar-refractivity contribution in [3.8, 4) is 0 Å². The summed E-state index contributed by atoms with van der Waals surface area (Å²) in [5.74, 6) is -1.16. The van der Waals surface area contributed by atoms with Gasteiger partial charge in [0, 0.05) is 11.6 Å². The molecule has 0 aromatic heterocycles. The zero-order chi connectivity index (χ0) is 20.3. The van der Waals surface area contributed by atoms with E-state index >= 15 is 0 Å². The number of nitrogens with one attached hydrogen (secondary N) is 2. The molecule has 3 rings (SSSR count). The fourth-order valence-electron chi connectivity index (χ4n) is 3.34. The number of amides is 1. The summed E-state index contributed by atoms with van der Waals surface area (Å²) in [6, 6.07) is 12.6. The maximum absolute atomic E-state index is 14.1. The number of carbonyl (C=O) groups is 2. The van der Waals surface area contributed by atoms with E-state index in [-0.39, 0.29) is 30.0 Å². The Balaban J connectivity index is 0.00000300. The van der Waals surface area contributed by atoms with Gasteiger partial charge in [-0.2, -0.15) is 0 Å². The minimum absolute atomic E-state index is 0. The number of rotatable bonds is 4. The summed E-state index contributed by atoms with van der Waals surface area (Å²) in [7, 11) is 0. The summed E-state index contributed by atoms with van der Waals surface area (Å²) in [4.78, 5) is 24.8. The normalized spacial score (nSPS) is 18.6. The number of hydrogen-bond acceptors (Lipinski definition) is 4. The van der Waals surface area contributed by atoms with Gasteiger partial charge >= 0.3 is 5.97 Å². The Morgan fingerprint density at radius 1 is 1.10 bits per heavy atom. The highest BCUT2D eigenvalue weighted by Gasteiger charge is 2.35. The number of anilines is 1. The Labute approximate surface area is 176 Å². The first-order chi connectivity index (χ1) is 13.2. The number of benzene rings is 2. The van der Waals surface area contributed by atoms with E-state index in [0.717, 1.165) is 0 Å². The van der Waals surface area contributed by atoms with Crippen LogP contribution in [0.2, 0.25) is 0 Å². The maximum atomic E-state index is 14.1. The molecule has 5 nitrogen and oxygen atoms in total. The molecule has 1 heterocycles. The predicted octanol–water partition coefficient (Wildman–Crippen LogP) is 4.29. The minimum Gasteiger partial charge on any atom is -0.456 e. The van der Waals surface area contributed by atoms with Crippen molar-refractivity contribution >= 4 is 30.0 Å². The first-order valence-corrected chi connectivity index (χ1v) is 9.37. The molecule has 2 N–H and O–H groups in total. The topological polar surface area (TPSA) is 67.4 Å². The van der Waals surface area contributed by atoms with E-state index in [9.17, 15) is 14.0 Å². The third-order valence-corrected chi connectivity index (χ3v) is 4.60. The molecule has 2 atom stereocenters. The molecule has 0 bridgehead atoms. The molecule has 156 valence electrons. The van der Waals surface area contributed by atoms with Gasteiger partial charge in [-0.15, -0.1) is 12.4 Å². The molecule has 0 saturated carbocycles. The molecule has 29 heavy (non-hydrogen) atoms. The summed E-state index contributed by atoms with van der Waals surface area (Å²) < 4.78 is 19.5. The number of halogens is 2. The van der Waals surface area contributed by atoms with Gasteiger partial charge in [-0.1, -0.05) is 18.2 Å². The third kappa shape index (κ3) is 5.78. The Bertz CT molecular complexity index is 865. The van der Waals surface area contributed by atoms with E-state index in [4.69, 9.17) is 4.74 Å². The Morgan fingerprint density at radius 2 is 1.76 bits per heavy atom. The largest absolute Gasteiger partial charge is 0.456 e. The molecule has 2 aromatic rings. The molecule has 0 unspecified atom stereocenters.